The van der Waals surface area contributed by atoms with Gasteiger partial charge in [0.15, 0.2) is 11.6 Å². The van der Waals surface area contributed by atoms with Gasteiger partial charge in [0.1, 0.15) is 5.75 Å². The Morgan fingerprint density at radius 3 is 2.39 bits per heavy atom. The number of hydrogen-bond acceptors (Lipinski definition) is 4. The molecular weight excluding hydrogens is 445 g/mol. The van der Waals surface area contributed by atoms with Crippen LogP contribution in [-0.2, 0) is 4.79 Å². The molecule has 8 heteroatoms. The molecule has 0 atom stereocenters. The Hall–Kier alpha value is -3.71. The number of carbonyl (C=O) groups is 2. The number of amides is 2. The molecule has 0 radical (unpaired) electrons. The van der Waals surface area contributed by atoms with Gasteiger partial charge in [0.25, 0.3) is 5.91 Å². The number of nitrogens with zero attached hydrogens (tertiary/aromatic N) is 3. The molecule has 33 heavy (non-hydrogen) atoms. The standard InChI is InChI=1S/C25H21ClFN3O3/c26-20-7-5-19(6-8-20)25(32)30-14-12-29(13-15-30)24(31)10-4-18-3-9-23(22(27)16-18)33-21-2-1-11-28-17-21/h1-11,16-17H,12-15H2/b10-4+. The zero-order chi connectivity index (χ0) is 23.2. The summed E-state index contributed by atoms with van der Waals surface area (Å²) in [6, 6.07) is 14.6. The van der Waals surface area contributed by atoms with Crippen molar-refractivity contribution in [2.45, 2.75) is 0 Å². The zero-order valence-corrected chi connectivity index (χ0v) is 18.4. The fraction of sp³-hybridized carbons (Fsp3) is 0.160. The molecule has 2 amide bonds. The van der Waals surface area contributed by atoms with E-state index in [-0.39, 0.29) is 17.6 Å². The third-order valence-corrected chi connectivity index (χ3v) is 5.46. The second kappa shape index (κ2) is 10.3. The minimum absolute atomic E-state index is 0.0768. The van der Waals surface area contributed by atoms with Gasteiger partial charge < -0.3 is 14.5 Å². The van der Waals surface area contributed by atoms with Crippen LogP contribution in [-0.4, -0.2) is 52.8 Å². The number of carbonyl (C=O) groups excluding carboxylic acids is 2. The van der Waals surface area contributed by atoms with Crippen molar-refractivity contribution >= 4 is 29.5 Å². The largest absolute Gasteiger partial charge is 0.453 e. The van der Waals surface area contributed by atoms with Crippen molar-refractivity contribution in [3.8, 4) is 11.5 Å². The Labute approximate surface area is 195 Å². The van der Waals surface area contributed by atoms with E-state index >= 15 is 0 Å². The fourth-order valence-corrected chi connectivity index (χ4v) is 3.54. The first-order valence-electron chi connectivity index (χ1n) is 10.4. The number of aromatic nitrogens is 1. The van der Waals surface area contributed by atoms with Crippen LogP contribution in [0.5, 0.6) is 11.5 Å². The second-order valence-corrected chi connectivity index (χ2v) is 7.87. The lowest BCUT2D eigenvalue weighted by atomic mass is 10.1. The van der Waals surface area contributed by atoms with Gasteiger partial charge in [-0.05, 0) is 60.2 Å². The number of piperazine rings is 1. The van der Waals surface area contributed by atoms with E-state index < -0.39 is 5.82 Å². The highest BCUT2D eigenvalue weighted by Gasteiger charge is 2.23. The third-order valence-electron chi connectivity index (χ3n) is 5.21. The quantitative estimate of drug-likeness (QED) is 0.514. The number of benzene rings is 2. The van der Waals surface area contributed by atoms with Crippen LogP contribution in [0.1, 0.15) is 15.9 Å². The van der Waals surface area contributed by atoms with Gasteiger partial charge in [-0.1, -0.05) is 17.7 Å². The average Bonchev–Trinajstić information content (AvgIpc) is 2.85. The number of pyridine rings is 1. The lowest BCUT2D eigenvalue weighted by Crippen LogP contribution is -2.50. The van der Waals surface area contributed by atoms with E-state index in [0.717, 1.165) is 0 Å². The van der Waals surface area contributed by atoms with Gasteiger partial charge in [0.05, 0.1) is 6.20 Å². The Morgan fingerprint density at radius 2 is 1.73 bits per heavy atom. The maximum atomic E-state index is 14.4. The molecule has 2 heterocycles. The van der Waals surface area contributed by atoms with Gasteiger partial charge in [0.2, 0.25) is 5.91 Å². The molecule has 0 bridgehead atoms. The summed E-state index contributed by atoms with van der Waals surface area (Å²) in [7, 11) is 0. The van der Waals surface area contributed by atoms with E-state index in [1.807, 2.05) is 0 Å². The van der Waals surface area contributed by atoms with Crippen molar-refractivity contribution in [3.63, 3.8) is 0 Å². The second-order valence-electron chi connectivity index (χ2n) is 7.44. The van der Waals surface area contributed by atoms with Gasteiger partial charge in [-0.2, -0.15) is 0 Å². The average molecular weight is 466 g/mol. The molecule has 2 aromatic carbocycles. The molecule has 1 aliphatic rings. The third kappa shape index (κ3) is 5.75. The molecule has 168 valence electrons. The summed E-state index contributed by atoms with van der Waals surface area (Å²) in [6.45, 7) is 1.73. The molecular formula is C25H21ClFN3O3. The highest BCUT2D eigenvalue weighted by atomic mass is 35.5. The molecule has 1 saturated heterocycles. The van der Waals surface area contributed by atoms with E-state index in [4.69, 9.17) is 16.3 Å². The van der Waals surface area contributed by atoms with E-state index in [0.29, 0.717) is 48.1 Å². The van der Waals surface area contributed by atoms with Gasteiger partial charge in [0, 0.05) is 49.0 Å². The summed E-state index contributed by atoms with van der Waals surface area (Å²) in [6.07, 6.45) is 6.07. The van der Waals surface area contributed by atoms with Crippen molar-refractivity contribution in [1.82, 2.24) is 14.8 Å². The number of ether oxygens (including phenoxy) is 1. The predicted octanol–water partition coefficient (Wildman–Crippen LogP) is 4.66. The van der Waals surface area contributed by atoms with E-state index in [1.54, 1.807) is 64.5 Å². The number of hydrogen-bond donors (Lipinski definition) is 0. The Bertz CT molecular complexity index is 1160. The zero-order valence-electron chi connectivity index (χ0n) is 17.7. The van der Waals surface area contributed by atoms with Crippen molar-refractivity contribution in [2.75, 3.05) is 26.2 Å². The molecule has 0 spiro atoms. The van der Waals surface area contributed by atoms with Gasteiger partial charge >= 0.3 is 0 Å². The maximum absolute atomic E-state index is 14.4. The molecule has 4 rings (SSSR count). The first kappa shape index (κ1) is 22.5. The topological polar surface area (TPSA) is 62.7 Å². The fourth-order valence-electron chi connectivity index (χ4n) is 3.42. The molecule has 1 aliphatic heterocycles. The van der Waals surface area contributed by atoms with E-state index in [1.165, 1.54) is 24.4 Å². The lowest BCUT2D eigenvalue weighted by molar-refractivity contribution is -0.127. The summed E-state index contributed by atoms with van der Waals surface area (Å²) in [5, 5.41) is 0.573. The Kier molecular flexibility index (Phi) is 7.00. The van der Waals surface area contributed by atoms with E-state index in [2.05, 4.69) is 4.98 Å². The molecule has 0 N–H and O–H groups in total. The van der Waals surface area contributed by atoms with Crippen molar-refractivity contribution in [1.29, 1.82) is 0 Å². The highest BCUT2D eigenvalue weighted by molar-refractivity contribution is 6.30. The van der Waals surface area contributed by atoms with Crippen molar-refractivity contribution in [2.24, 2.45) is 0 Å². The molecule has 6 nitrogen and oxygen atoms in total. The minimum atomic E-state index is -0.539. The van der Waals surface area contributed by atoms with Gasteiger partial charge in [-0.25, -0.2) is 4.39 Å². The van der Waals surface area contributed by atoms with Crippen LogP contribution in [0.15, 0.2) is 73.1 Å². The van der Waals surface area contributed by atoms with Crippen LogP contribution in [0.4, 0.5) is 4.39 Å². The van der Waals surface area contributed by atoms with Crippen LogP contribution in [0, 0.1) is 5.82 Å². The molecule has 1 fully saturated rings. The van der Waals surface area contributed by atoms with E-state index in [9.17, 15) is 14.0 Å². The monoisotopic (exact) mass is 465 g/mol. The summed E-state index contributed by atoms with van der Waals surface area (Å²) < 4.78 is 19.9. The number of rotatable bonds is 5. The lowest BCUT2D eigenvalue weighted by Gasteiger charge is -2.34. The summed E-state index contributed by atoms with van der Waals surface area (Å²) in [5.74, 6) is -0.303. The van der Waals surface area contributed by atoms with Gasteiger partial charge in [-0.3, -0.25) is 14.6 Å². The maximum Gasteiger partial charge on any atom is 0.253 e. The van der Waals surface area contributed by atoms with Crippen LogP contribution in [0.3, 0.4) is 0 Å². The van der Waals surface area contributed by atoms with Gasteiger partial charge in [-0.15, -0.1) is 0 Å². The summed E-state index contributed by atoms with van der Waals surface area (Å²) in [5.41, 5.74) is 1.10. The SMILES string of the molecule is O=C(/C=C/c1ccc(Oc2cccnc2)c(F)c1)N1CCN(C(=O)c2ccc(Cl)cc2)CC1. The Morgan fingerprint density at radius 1 is 1.00 bits per heavy atom. The first-order valence-corrected chi connectivity index (χ1v) is 10.8. The molecule has 0 unspecified atom stereocenters. The number of halogens is 2. The predicted molar refractivity (Wildman–Crippen MR) is 124 cm³/mol. The van der Waals surface area contributed by atoms with Crippen molar-refractivity contribution < 1.29 is 18.7 Å². The van der Waals surface area contributed by atoms with Crippen LogP contribution in [0.25, 0.3) is 6.08 Å². The highest BCUT2D eigenvalue weighted by Crippen LogP contribution is 2.25. The minimum Gasteiger partial charge on any atom is -0.453 e. The van der Waals surface area contributed by atoms with Crippen LogP contribution < -0.4 is 4.74 Å². The normalized spacial score (nSPS) is 13.9. The van der Waals surface area contributed by atoms with Crippen LogP contribution >= 0.6 is 11.6 Å². The molecule has 0 aliphatic carbocycles. The Balaban J connectivity index is 1.31. The first-order chi connectivity index (χ1) is 16.0. The molecule has 1 aromatic heterocycles. The molecule has 0 saturated carbocycles. The van der Waals surface area contributed by atoms with Crippen LogP contribution in [0.2, 0.25) is 5.02 Å². The van der Waals surface area contributed by atoms with Crippen molar-refractivity contribution in [3.05, 3.63) is 95.0 Å². The summed E-state index contributed by atoms with van der Waals surface area (Å²) >= 11 is 5.87. The smallest absolute Gasteiger partial charge is 0.253 e. The molecule has 3 aromatic rings. The summed E-state index contributed by atoms with van der Waals surface area (Å²) in [4.78, 5) is 32.4.